The summed E-state index contributed by atoms with van der Waals surface area (Å²) in [4.78, 5) is 0.0321. The number of nitrogens with one attached hydrogen (secondary N) is 1. The standard InChI is InChI=1S/C21H15F3N2O2S/c1-29(27,28)16-4-2-3-14(10-16)21(15-6-7-17(22)18(23)11-15)26-20-8-5-13(12-25)9-19(20)24/h2-11,21,26H,1H3. The Labute approximate surface area is 166 Å². The Bertz CT molecular complexity index is 1220. The number of nitriles is 1. The highest BCUT2D eigenvalue weighted by molar-refractivity contribution is 7.90. The summed E-state index contributed by atoms with van der Waals surface area (Å²) in [5, 5.41) is 11.8. The summed E-state index contributed by atoms with van der Waals surface area (Å²) in [5.41, 5.74) is 0.806. The number of sulfone groups is 1. The van der Waals surface area contributed by atoms with Crippen LogP contribution in [0.1, 0.15) is 22.7 Å². The first-order valence-electron chi connectivity index (χ1n) is 8.40. The molecule has 0 aliphatic heterocycles. The minimum atomic E-state index is -3.52. The van der Waals surface area contributed by atoms with Gasteiger partial charge in [-0.15, -0.1) is 0 Å². The average Bonchev–Trinajstić information content (AvgIpc) is 2.68. The predicted octanol–water partition coefficient (Wildman–Crippen LogP) is 4.58. The minimum absolute atomic E-state index is 0.0171. The summed E-state index contributed by atoms with van der Waals surface area (Å²) in [6.07, 6.45) is 1.05. The zero-order valence-electron chi connectivity index (χ0n) is 15.2. The second kappa shape index (κ2) is 7.97. The first kappa shape index (κ1) is 20.4. The molecule has 1 atom stereocenters. The first-order valence-corrected chi connectivity index (χ1v) is 10.3. The lowest BCUT2D eigenvalue weighted by Crippen LogP contribution is -2.14. The summed E-state index contributed by atoms with van der Waals surface area (Å²) >= 11 is 0. The molecule has 0 aromatic heterocycles. The van der Waals surface area contributed by atoms with Crippen LogP contribution in [0.15, 0.2) is 65.6 Å². The topological polar surface area (TPSA) is 70.0 Å². The van der Waals surface area contributed by atoms with Gasteiger partial charge >= 0.3 is 0 Å². The smallest absolute Gasteiger partial charge is 0.175 e. The molecule has 0 aliphatic carbocycles. The van der Waals surface area contributed by atoms with Crippen molar-refractivity contribution in [2.75, 3.05) is 11.6 Å². The molecule has 0 spiro atoms. The van der Waals surface area contributed by atoms with Crippen LogP contribution in [0.2, 0.25) is 0 Å². The van der Waals surface area contributed by atoms with Crippen molar-refractivity contribution in [2.24, 2.45) is 0 Å². The van der Waals surface area contributed by atoms with Crippen molar-refractivity contribution in [2.45, 2.75) is 10.9 Å². The van der Waals surface area contributed by atoms with E-state index in [2.05, 4.69) is 5.32 Å². The van der Waals surface area contributed by atoms with E-state index in [1.54, 1.807) is 6.07 Å². The van der Waals surface area contributed by atoms with Crippen LogP contribution in [0.3, 0.4) is 0 Å². The molecule has 0 amide bonds. The third-order valence-corrected chi connectivity index (χ3v) is 5.40. The van der Waals surface area contributed by atoms with Gasteiger partial charge in [0.2, 0.25) is 0 Å². The van der Waals surface area contributed by atoms with E-state index in [9.17, 15) is 21.6 Å². The normalized spacial score (nSPS) is 12.2. The SMILES string of the molecule is CS(=O)(=O)c1cccc(C(Nc2ccc(C#N)cc2F)c2ccc(F)c(F)c2)c1. The molecule has 0 saturated heterocycles. The molecule has 1 N–H and O–H groups in total. The summed E-state index contributed by atoms with van der Waals surface area (Å²) in [7, 11) is -3.52. The Morgan fingerprint density at radius 1 is 0.897 bits per heavy atom. The molecule has 3 aromatic rings. The van der Waals surface area contributed by atoms with Gasteiger partial charge in [-0.3, -0.25) is 0 Å². The third kappa shape index (κ3) is 4.58. The van der Waals surface area contributed by atoms with E-state index < -0.39 is 33.3 Å². The number of hydrogen-bond acceptors (Lipinski definition) is 4. The van der Waals surface area contributed by atoms with Gasteiger partial charge in [0.25, 0.3) is 0 Å². The highest BCUT2D eigenvalue weighted by atomic mass is 32.2. The molecule has 3 rings (SSSR count). The predicted molar refractivity (Wildman–Crippen MR) is 102 cm³/mol. The molecule has 4 nitrogen and oxygen atoms in total. The zero-order chi connectivity index (χ0) is 21.2. The van der Waals surface area contributed by atoms with Crippen molar-refractivity contribution in [1.29, 1.82) is 5.26 Å². The van der Waals surface area contributed by atoms with Gasteiger partial charge in [-0.05, 0) is 53.6 Å². The van der Waals surface area contributed by atoms with Gasteiger partial charge in [-0.2, -0.15) is 5.26 Å². The molecule has 8 heteroatoms. The maximum absolute atomic E-state index is 14.4. The van der Waals surface area contributed by atoms with Crippen molar-refractivity contribution in [1.82, 2.24) is 0 Å². The largest absolute Gasteiger partial charge is 0.372 e. The van der Waals surface area contributed by atoms with Crippen molar-refractivity contribution in [3.63, 3.8) is 0 Å². The van der Waals surface area contributed by atoms with Gasteiger partial charge in [0.1, 0.15) is 5.82 Å². The maximum atomic E-state index is 14.4. The first-order chi connectivity index (χ1) is 13.7. The molecule has 1 unspecified atom stereocenters. The highest BCUT2D eigenvalue weighted by Crippen LogP contribution is 2.30. The second-order valence-corrected chi connectivity index (χ2v) is 8.42. The lowest BCUT2D eigenvalue weighted by Gasteiger charge is -2.22. The lowest BCUT2D eigenvalue weighted by atomic mass is 9.98. The number of benzene rings is 3. The van der Waals surface area contributed by atoms with Crippen LogP contribution < -0.4 is 5.32 Å². The fraction of sp³-hybridized carbons (Fsp3) is 0.0952. The molecule has 0 fully saturated rings. The molecule has 148 valence electrons. The van der Waals surface area contributed by atoms with Crippen molar-refractivity contribution >= 4 is 15.5 Å². The number of rotatable bonds is 5. The van der Waals surface area contributed by atoms with Crippen molar-refractivity contribution in [3.05, 3.63) is 94.8 Å². The summed E-state index contributed by atoms with van der Waals surface area (Å²) in [6, 6.07) is 13.9. The Hall–Kier alpha value is -3.31. The molecule has 29 heavy (non-hydrogen) atoms. The van der Waals surface area contributed by atoms with Crippen molar-refractivity contribution in [3.8, 4) is 6.07 Å². The number of anilines is 1. The van der Waals surface area contributed by atoms with E-state index >= 15 is 0 Å². The van der Waals surface area contributed by atoms with Crippen LogP contribution in [0, 0.1) is 28.8 Å². The van der Waals surface area contributed by atoms with Gasteiger partial charge in [-0.25, -0.2) is 21.6 Å². The molecule has 0 bridgehead atoms. The van der Waals surface area contributed by atoms with E-state index in [-0.39, 0.29) is 21.7 Å². The van der Waals surface area contributed by atoms with Crippen LogP contribution in [0.25, 0.3) is 0 Å². The monoisotopic (exact) mass is 416 g/mol. The van der Waals surface area contributed by atoms with Crippen LogP contribution in [0.4, 0.5) is 18.9 Å². The number of hydrogen-bond donors (Lipinski definition) is 1. The molecule has 0 heterocycles. The molecular formula is C21H15F3N2O2S. The van der Waals surface area contributed by atoms with Gasteiger partial charge in [-0.1, -0.05) is 18.2 Å². The highest BCUT2D eigenvalue weighted by Gasteiger charge is 2.20. The molecule has 0 radical (unpaired) electrons. The van der Waals surface area contributed by atoms with E-state index in [4.69, 9.17) is 5.26 Å². The maximum Gasteiger partial charge on any atom is 0.175 e. The quantitative estimate of drug-likeness (QED) is 0.661. The van der Waals surface area contributed by atoms with E-state index in [0.29, 0.717) is 5.56 Å². The molecule has 0 saturated carbocycles. The Balaban J connectivity index is 2.12. The number of halogens is 3. The Morgan fingerprint density at radius 2 is 1.62 bits per heavy atom. The molecule has 3 aromatic carbocycles. The van der Waals surface area contributed by atoms with E-state index in [1.807, 2.05) is 6.07 Å². The summed E-state index contributed by atoms with van der Waals surface area (Å²) in [5.74, 6) is -2.84. The summed E-state index contributed by atoms with van der Waals surface area (Å²) in [6.45, 7) is 0. The van der Waals surface area contributed by atoms with Crippen molar-refractivity contribution < 1.29 is 21.6 Å². The Kier molecular flexibility index (Phi) is 5.62. The third-order valence-electron chi connectivity index (χ3n) is 4.29. The fourth-order valence-corrected chi connectivity index (χ4v) is 3.51. The Morgan fingerprint density at radius 3 is 2.24 bits per heavy atom. The summed E-state index contributed by atoms with van der Waals surface area (Å²) < 4.78 is 65.4. The van der Waals surface area contributed by atoms with Gasteiger partial charge in [0, 0.05) is 6.26 Å². The van der Waals surface area contributed by atoms with E-state index in [0.717, 1.165) is 24.5 Å². The second-order valence-electron chi connectivity index (χ2n) is 6.40. The van der Waals surface area contributed by atoms with Gasteiger partial charge < -0.3 is 5.32 Å². The minimum Gasteiger partial charge on any atom is -0.372 e. The molecular weight excluding hydrogens is 401 g/mol. The van der Waals surface area contributed by atoms with Gasteiger partial charge in [0.15, 0.2) is 21.5 Å². The van der Waals surface area contributed by atoms with Crippen LogP contribution in [-0.2, 0) is 9.84 Å². The average molecular weight is 416 g/mol. The lowest BCUT2D eigenvalue weighted by molar-refractivity contribution is 0.506. The van der Waals surface area contributed by atoms with Crippen LogP contribution in [-0.4, -0.2) is 14.7 Å². The molecule has 0 aliphatic rings. The number of nitrogens with zero attached hydrogens (tertiary/aromatic N) is 1. The zero-order valence-corrected chi connectivity index (χ0v) is 16.0. The van der Waals surface area contributed by atoms with Gasteiger partial charge in [0.05, 0.1) is 28.3 Å². The van der Waals surface area contributed by atoms with Crippen LogP contribution in [0.5, 0.6) is 0 Å². The fourth-order valence-electron chi connectivity index (χ4n) is 2.83. The van der Waals surface area contributed by atoms with Crippen LogP contribution >= 0.6 is 0 Å². The van der Waals surface area contributed by atoms with E-state index in [1.165, 1.54) is 36.4 Å².